The van der Waals surface area contributed by atoms with E-state index in [-0.39, 0.29) is 29.0 Å². The molecule has 1 aliphatic heterocycles. The molecule has 0 spiro atoms. The maximum atomic E-state index is 12.6. The first-order valence-electron chi connectivity index (χ1n) is 8.79. The van der Waals surface area contributed by atoms with E-state index in [4.69, 9.17) is 8.94 Å². The van der Waals surface area contributed by atoms with Gasteiger partial charge in [-0.25, -0.2) is 8.42 Å². The number of amides is 1. The Labute approximate surface area is 161 Å². The van der Waals surface area contributed by atoms with Gasteiger partial charge in [0.1, 0.15) is 0 Å². The number of carbonyl (C=O) groups is 1. The van der Waals surface area contributed by atoms with Crippen molar-refractivity contribution in [3.63, 3.8) is 0 Å². The SMILES string of the molecule is O=C(NCc1nc(-c2ccc(S(=O)(=O)N3CCCC3)cc2)no1)c1ccco1. The lowest BCUT2D eigenvalue weighted by molar-refractivity contribution is 0.0918. The van der Waals surface area contributed by atoms with E-state index in [1.54, 1.807) is 24.3 Å². The van der Waals surface area contributed by atoms with Crippen molar-refractivity contribution < 1.29 is 22.2 Å². The zero-order valence-corrected chi connectivity index (χ0v) is 15.7. The second-order valence-corrected chi connectivity index (χ2v) is 8.25. The Hall–Kier alpha value is -2.98. The number of furan rings is 1. The van der Waals surface area contributed by atoms with Gasteiger partial charge in [0, 0.05) is 18.7 Å². The normalized spacial score (nSPS) is 15.0. The highest BCUT2D eigenvalue weighted by molar-refractivity contribution is 7.89. The van der Waals surface area contributed by atoms with E-state index in [0.29, 0.717) is 24.5 Å². The summed E-state index contributed by atoms with van der Waals surface area (Å²) in [5.41, 5.74) is 0.618. The number of hydrogen-bond donors (Lipinski definition) is 1. The Morgan fingerprint density at radius 3 is 2.57 bits per heavy atom. The van der Waals surface area contributed by atoms with Gasteiger partial charge in [0.2, 0.25) is 21.7 Å². The second-order valence-electron chi connectivity index (χ2n) is 6.31. The molecule has 1 aromatic carbocycles. The number of benzene rings is 1. The average Bonchev–Trinajstić information content (AvgIpc) is 3.48. The topological polar surface area (TPSA) is 119 Å². The Balaban J connectivity index is 1.43. The van der Waals surface area contributed by atoms with Crippen molar-refractivity contribution in [2.45, 2.75) is 24.3 Å². The van der Waals surface area contributed by atoms with E-state index in [2.05, 4.69) is 15.5 Å². The standard InChI is InChI=1S/C18H18N4O5S/c23-18(15-4-3-11-26-15)19-12-16-20-17(21-27-16)13-5-7-14(8-6-13)28(24,25)22-9-1-2-10-22/h3-8,11H,1-2,9-10,12H2,(H,19,23). The van der Waals surface area contributed by atoms with Gasteiger partial charge < -0.3 is 14.3 Å². The summed E-state index contributed by atoms with van der Waals surface area (Å²) in [6, 6.07) is 9.52. The van der Waals surface area contributed by atoms with Gasteiger partial charge >= 0.3 is 0 Å². The number of sulfonamides is 1. The van der Waals surface area contributed by atoms with Crippen molar-refractivity contribution in [1.82, 2.24) is 19.8 Å². The minimum Gasteiger partial charge on any atom is -0.459 e. The van der Waals surface area contributed by atoms with E-state index in [1.165, 1.54) is 22.7 Å². The summed E-state index contributed by atoms with van der Waals surface area (Å²) in [7, 11) is -3.46. The van der Waals surface area contributed by atoms with Gasteiger partial charge in [-0.1, -0.05) is 5.16 Å². The smallest absolute Gasteiger partial charge is 0.287 e. The van der Waals surface area contributed by atoms with E-state index in [1.807, 2.05) is 0 Å². The van der Waals surface area contributed by atoms with Gasteiger partial charge in [0.25, 0.3) is 5.91 Å². The number of carbonyl (C=O) groups excluding carboxylic acids is 1. The molecule has 2 aromatic heterocycles. The van der Waals surface area contributed by atoms with Gasteiger partial charge in [-0.3, -0.25) is 4.79 Å². The first kappa shape index (κ1) is 18.4. The van der Waals surface area contributed by atoms with Crippen LogP contribution in [0.15, 0.2) is 56.5 Å². The predicted molar refractivity (Wildman–Crippen MR) is 97.6 cm³/mol. The molecule has 1 N–H and O–H groups in total. The fraction of sp³-hybridized carbons (Fsp3) is 0.278. The van der Waals surface area contributed by atoms with Crippen LogP contribution in [-0.2, 0) is 16.6 Å². The van der Waals surface area contributed by atoms with Gasteiger partial charge in [-0.2, -0.15) is 9.29 Å². The molecule has 1 aliphatic rings. The van der Waals surface area contributed by atoms with E-state index in [9.17, 15) is 13.2 Å². The van der Waals surface area contributed by atoms with E-state index >= 15 is 0 Å². The van der Waals surface area contributed by atoms with Crippen LogP contribution in [0.3, 0.4) is 0 Å². The highest BCUT2D eigenvalue weighted by atomic mass is 32.2. The summed E-state index contributed by atoms with van der Waals surface area (Å²) in [6.07, 6.45) is 3.19. The van der Waals surface area contributed by atoms with Crippen molar-refractivity contribution in [1.29, 1.82) is 0 Å². The number of rotatable bonds is 6. The monoisotopic (exact) mass is 402 g/mol. The zero-order chi connectivity index (χ0) is 19.6. The molecular weight excluding hydrogens is 384 g/mol. The molecule has 0 bridgehead atoms. The van der Waals surface area contributed by atoms with Crippen LogP contribution in [0.2, 0.25) is 0 Å². The molecular formula is C18H18N4O5S. The van der Waals surface area contributed by atoms with Crippen molar-refractivity contribution in [2.24, 2.45) is 0 Å². The molecule has 0 unspecified atom stereocenters. The van der Waals surface area contributed by atoms with Crippen LogP contribution in [0.25, 0.3) is 11.4 Å². The van der Waals surface area contributed by atoms with Crippen LogP contribution in [0.5, 0.6) is 0 Å². The first-order chi connectivity index (χ1) is 13.5. The van der Waals surface area contributed by atoms with Crippen LogP contribution < -0.4 is 5.32 Å². The molecule has 1 amide bonds. The molecule has 28 heavy (non-hydrogen) atoms. The Morgan fingerprint density at radius 1 is 1.14 bits per heavy atom. The lowest BCUT2D eigenvalue weighted by Crippen LogP contribution is -2.27. The fourth-order valence-electron chi connectivity index (χ4n) is 2.95. The van der Waals surface area contributed by atoms with Gasteiger partial charge in [-0.05, 0) is 49.2 Å². The Bertz CT molecular complexity index is 1050. The molecule has 0 aliphatic carbocycles. The lowest BCUT2D eigenvalue weighted by atomic mass is 10.2. The van der Waals surface area contributed by atoms with E-state index < -0.39 is 10.0 Å². The highest BCUT2D eigenvalue weighted by Gasteiger charge is 2.27. The molecule has 3 heterocycles. The van der Waals surface area contributed by atoms with Gasteiger partial charge in [0.15, 0.2) is 5.76 Å². The van der Waals surface area contributed by atoms with Crippen LogP contribution in [0, 0.1) is 0 Å². The third kappa shape index (κ3) is 3.69. The molecule has 4 rings (SSSR count). The maximum absolute atomic E-state index is 12.6. The molecule has 1 saturated heterocycles. The van der Waals surface area contributed by atoms with Gasteiger partial charge in [-0.15, -0.1) is 0 Å². The molecule has 0 radical (unpaired) electrons. The number of nitrogens with one attached hydrogen (secondary N) is 1. The van der Waals surface area contributed by atoms with Crippen molar-refractivity contribution in [3.05, 3.63) is 54.3 Å². The largest absolute Gasteiger partial charge is 0.459 e. The lowest BCUT2D eigenvalue weighted by Gasteiger charge is -2.15. The molecule has 146 valence electrons. The van der Waals surface area contributed by atoms with Crippen molar-refractivity contribution in [3.8, 4) is 11.4 Å². The molecule has 9 nitrogen and oxygen atoms in total. The molecule has 3 aromatic rings. The van der Waals surface area contributed by atoms with E-state index in [0.717, 1.165) is 12.8 Å². The van der Waals surface area contributed by atoms with Crippen molar-refractivity contribution >= 4 is 15.9 Å². The molecule has 1 fully saturated rings. The summed E-state index contributed by atoms with van der Waals surface area (Å²) in [6.45, 7) is 1.16. The average molecular weight is 402 g/mol. The fourth-order valence-corrected chi connectivity index (χ4v) is 4.47. The molecule has 0 saturated carbocycles. The minimum atomic E-state index is -3.46. The summed E-state index contributed by atoms with van der Waals surface area (Å²) < 4.78 is 36.8. The quantitative estimate of drug-likeness (QED) is 0.670. The summed E-state index contributed by atoms with van der Waals surface area (Å²) in [5, 5.41) is 6.49. The summed E-state index contributed by atoms with van der Waals surface area (Å²) in [4.78, 5) is 16.3. The molecule has 10 heteroatoms. The van der Waals surface area contributed by atoms with Crippen LogP contribution >= 0.6 is 0 Å². The summed E-state index contributed by atoms with van der Waals surface area (Å²) in [5.74, 6) is 0.340. The Kier molecular flexibility index (Phi) is 4.97. The van der Waals surface area contributed by atoms with Gasteiger partial charge in [0.05, 0.1) is 17.7 Å². The van der Waals surface area contributed by atoms with Crippen LogP contribution in [0.4, 0.5) is 0 Å². The Morgan fingerprint density at radius 2 is 1.89 bits per heavy atom. The number of hydrogen-bond acceptors (Lipinski definition) is 7. The predicted octanol–water partition coefficient (Wildman–Crippen LogP) is 2.04. The highest BCUT2D eigenvalue weighted by Crippen LogP contribution is 2.23. The minimum absolute atomic E-state index is 0.0496. The first-order valence-corrected chi connectivity index (χ1v) is 10.2. The van der Waals surface area contributed by atoms with Crippen LogP contribution in [0.1, 0.15) is 29.3 Å². The third-order valence-electron chi connectivity index (χ3n) is 4.43. The molecule has 0 atom stereocenters. The zero-order valence-electron chi connectivity index (χ0n) is 14.9. The number of nitrogens with zero attached hydrogens (tertiary/aromatic N) is 3. The summed E-state index contributed by atoms with van der Waals surface area (Å²) >= 11 is 0. The third-order valence-corrected chi connectivity index (χ3v) is 6.34. The second kappa shape index (κ2) is 7.56. The number of aromatic nitrogens is 2. The van der Waals surface area contributed by atoms with Crippen LogP contribution in [-0.4, -0.2) is 41.9 Å². The van der Waals surface area contributed by atoms with Crippen molar-refractivity contribution in [2.75, 3.05) is 13.1 Å². The maximum Gasteiger partial charge on any atom is 0.287 e.